The lowest BCUT2D eigenvalue weighted by Crippen LogP contribution is -2.35. The Morgan fingerprint density at radius 1 is 1.33 bits per heavy atom. The summed E-state index contributed by atoms with van der Waals surface area (Å²) < 4.78 is 0. The minimum atomic E-state index is 0.385. The molecule has 1 fully saturated rings. The Bertz CT molecular complexity index is 396. The Morgan fingerprint density at radius 2 is 2.06 bits per heavy atom. The molecule has 0 amide bonds. The summed E-state index contributed by atoms with van der Waals surface area (Å²) in [6, 6.07) is 7.12. The van der Waals surface area contributed by atoms with Gasteiger partial charge in [-0.3, -0.25) is 4.90 Å². The van der Waals surface area contributed by atoms with Crippen LogP contribution < -0.4 is 5.73 Å². The Labute approximate surface area is 111 Å². The fourth-order valence-electron chi connectivity index (χ4n) is 2.78. The van der Waals surface area contributed by atoms with E-state index in [0.29, 0.717) is 12.6 Å². The van der Waals surface area contributed by atoms with Crippen LogP contribution in [0.25, 0.3) is 0 Å². The van der Waals surface area contributed by atoms with Crippen LogP contribution in [0.1, 0.15) is 42.5 Å². The first kappa shape index (κ1) is 13.6. The highest BCUT2D eigenvalue weighted by Crippen LogP contribution is 2.33. The first-order valence-corrected chi connectivity index (χ1v) is 7.17. The predicted molar refractivity (Wildman–Crippen MR) is 77.7 cm³/mol. The fourth-order valence-corrected chi connectivity index (χ4v) is 2.78. The average molecular weight is 246 g/mol. The lowest BCUT2D eigenvalue weighted by atomic mass is 9.97. The van der Waals surface area contributed by atoms with Gasteiger partial charge in [0, 0.05) is 19.1 Å². The Morgan fingerprint density at radius 3 is 2.56 bits per heavy atom. The zero-order valence-corrected chi connectivity index (χ0v) is 11.9. The summed E-state index contributed by atoms with van der Waals surface area (Å²) in [7, 11) is 0. The molecule has 0 aromatic heterocycles. The third-order valence-electron chi connectivity index (χ3n) is 4.04. The summed E-state index contributed by atoms with van der Waals surface area (Å²) in [5.74, 6) is 0.921. The molecule has 100 valence electrons. The van der Waals surface area contributed by atoms with Gasteiger partial charge < -0.3 is 5.73 Å². The zero-order valence-electron chi connectivity index (χ0n) is 11.9. The van der Waals surface area contributed by atoms with E-state index in [4.69, 9.17) is 5.73 Å². The van der Waals surface area contributed by atoms with Gasteiger partial charge in [0.05, 0.1) is 0 Å². The summed E-state index contributed by atoms with van der Waals surface area (Å²) in [6.07, 6.45) is 2.81. The minimum Gasteiger partial charge on any atom is -0.329 e. The maximum atomic E-state index is 6.04. The zero-order chi connectivity index (χ0) is 13.1. The molecule has 0 radical (unpaired) electrons. The summed E-state index contributed by atoms with van der Waals surface area (Å²) in [6.45, 7) is 9.61. The van der Waals surface area contributed by atoms with Gasteiger partial charge >= 0.3 is 0 Å². The van der Waals surface area contributed by atoms with E-state index in [1.165, 1.54) is 36.1 Å². The van der Waals surface area contributed by atoms with Crippen LogP contribution in [0.5, 0.6) is 0 Å². The summed E-state index contributed by atoms with van der Waals surface area (Å²) in [5.41, 5.74) is 10.2. The first-order valence-electron chi connectivity index (χ1n) is 7.17. The van der Waals surface area contributed by atoms with Crippen LogP contribution in [0.3, 0.4) is 0 Å². The van der Waals surface area contributed by atoms with Crippen molar-refractivity contribution >= 4 is 0 Å². The Kier molecular flexibility index (Phi) is 4.41. The van der Waals surface area contributed by atoms with E-state index >= 15 is 0 Å². The van der Waals surface area contributed by atoms with Gasteiger partial charge in [-0.25, -0.2) is 0 Å². The molecule has 1 aromatic rings. The quantitative estimate of drug-likeness (QED) is 0.836. The molecule has 0 saturated heterocycles. The van der Waals surface area contributed by atoms with Crippen molar-refractivity contribution in [3.05, 3.63) is 34.9 Å². The number of aryl methyl sites for hydroxylation is 2. The largest absolute Gasteiger partial charge is 0.329 e. The van der Waals surface area contributed by atoms with Gasteiger partial charge in [0.15, 0.2) is 0 Å². The molecule has 18 heavy (non-hydrogen) atoms. The predicted octanol–water partition coefficient (Wildman–Crippen LogP) is 3.04. The maximum absolute atomic E-state index is 6.04. The lowest BCUT2D eigenvalue weighted by molar-refractivity contribution is 0.203. The van der Waals surface area contributed by atoms with Gasteiger partial charge in [0.2, 0.25) is 0 Å². The van der Waals surface area contributed by atoms with Crippen molar-refractivity contribution in [3.8, 4) is 0 Å². The molecule has 1 aromatic carbocycles. The minimum absolute atomic E-state index is 0.385. The highest BCUT2D eigenvalue weighted by atomic mass is 15.2. The first-order chi connectivity index (χ1) is 8.65. The monoisotopic (exact) mass is 246 g/mol. The van der Waals surface area contributed by atoms with Crippen molar-refractivity contribution in [1.82, 2.24) is 4.90 Å². The van der Waals surface area contributed by atoms with Crippen molar-refractivity contribution < 1.29 is 0 Å². The van der Waals surface area contributed by atoms with Gasteiger partial charge in [-0.1, -0.05) is 30.7 Å². The lowest BCUT2D eigenvalue weighted by Gasteiger charge is -2.31. The number of hydrogen-bond acceptors (Lipinski definition) is 2. The smallest absolute Gasteiger partial charge is 0.0473 e. The molecule has 1 atom stereocenters. The van der Waals surface area contributed by atoms with Gasteiger partial charge in [-0.2, -0.15) is 0 Å². The van der Waals surface area contributed by atoms with Crippen LogP contribution in [-0.2, 0) is 0 Å². The van der Waals surface area contributed by atoms with Crippen LogP contribution in [0.15, 0.2) is 18.2 Å². The van der Waals surface area contributed by atoms with Gasteiger partial charge in [-0.05, 0) is 50.3 Å². The molecule has 1 aliphatic rings. The SMILES string of the molecule is CCN(CC1CC1)C(CN)c1ccc(C)cc1C. The van der Waals surface area contributed by atoms with Crippen molar-refractivity contribution in [2.75, 3.05) is 19.6 Å². The molecule has 0 aliphatic heterocycles. The number of benzene rings is 1. The van der Waals surface area contributed by atoms with E-state index in [2.05, 4.69) is 43.9 Å². The van der Waals surface area contributed by atoms with Crippen molar-refractivity contribution in [2.45, 2.75) is 39.7 Å². The molecular weight excluding hydrogens is 220 g/mol. The Balaban J connectivity index is 2.18. The number of nitrogens with two attached hydrogens (primary N) is 1. The van der Waals surface area contributed by atoms with E-state index in [1.54, 1.807) is 0 Å². The fraction of sp³-hybridized carbons (Fsp3) is 0.625. The third kappa shape index (κ3) is 3.12. The molecule has 0 spiro atoms. The standard InChI is InChI=1S/C16H26N2/c1-4-18(11-14-6-7-14)16(10-17)15-8-5-12(2)9-13(15)3/h5,8-9,14,16H,4,6-7,10-11,17H2,1-3H3. The number of rotatable bonds is 6. The Hall–Kier alpha value is -0.860. The normalized spacial score (nSPS) is 17.2. The average Bonchev–Trinajstić information content (AvgIpc) is 3.15. The van der Waals surface area contributed by atoms with E-state index in [1.807, 2.05) is 0 Å². The number of hydrogen-bond donors (Lipinski definition) is 1. The van der Waals surface area contributed by atoms with Crippen molar-refractivity contribution in [2.24, 2.45) is 11.7 Å². The van der Waals surface area contributed by atoms with Gasteiger partial charge in [0.1, 0.15) is 0 Å². The highest BCUT2D eigenvalue weighted by Gasteiger charge is 2.27. The number of likely N-dealkylation sites (N-methyl/N-ethyl adjacent to an activating group) is 1. The van der Waals surface area contributed by atoms with Gasteiger partial charge in [0.25, 0.3) is 0 Å². The van der Waals surface area contributed by atoms with Crippen molar-refractivity contribution in [1.29, 1.82) is 0 Å². The molecule has 2 heteroatoms. The molecule has 1 saturated carbocycles. The van der Waals surface area contributed by atoms with Crippen molar-refractivity contribution in [3.63, 3.8) is 0 Å². The van der Waals surface area contributed by atoms with E-state index < -0.39 is 0 Å². The molecule has 2 rings (SSSR count). The molecule has 0 heterocycles. The summed E-state index contributed by atoms with van der Waals surface area (Å²) in [4.78, 5) is 2.55. The molecule has 2 N–H and O–H groups in total. The third-order valence-corrected chi connectivity index (χ3v) is 4.04. The maximum Gasteiger partial charge on any atom is 0.0473 e. The second-order valence-electron chi connectivity index (χ2n) is 5.64. The van der Waals surface area contributed by atoms with Crippen LogP contribution >= 0.6 is 0 Å². The van der Waals surface area contributed by atoms with E-state index in [0.717, 1.165) is 12.5 Å². The van der Waals surface area contributed by atoms with Crippen LogP contribution in [0, 0.1) is 19.8 Å². The summed E-state index contributed by atoms with van der Waals surface area (Å²) >= 11 is 0. The molecule has 1 unspecified atom stereocenters. The second kappa shape index (κ2) is 5.85. The highest BCUT2D eigenvalue weighted by molar-refractivity contribution is 5.33. The number of nitrogens with zero attached hydrogens (tertiary/aromatic N) is 1. The van der Waals surface area contributed by atoms with Crippen LogP contribution in [-0.4, -0.2) is 24.5 Å². The molecule has 0 bridgehead atoms. The van der Waals surface area contributed by atoms with Gasteiger partial charge in [-0.15, -0.1) is 0 Å². The molecule has 1 aliphatic carbocycles. The second-order valence-corrected chi connectivity index (χ2v) is 5.64. The van der Waals surface area contributed by atoms with Crippen LogP contribution in [0.4, 0.5) is 0 Å². The summed E-state index contributed by atoms with van der Waals surface area (Å²) in [5, 5.41) is 0. The topological polar surface area (TPSA) is 29.3 Å². The molecular formula is C16H26N2. The molecule has 2 nitrogen and oxygen atoms in total. The van der Waals surface area contributed by atoms with E-state index in [9.17, 15) is 0 Å². The van der Waals surface area contributed by atoms with Crippen LogP contribution in [0.2, 0.25) is 0 Å². The van der Waals surface area contributed by atoms with E-state index in [-0.39, 0.29) is 0 Å².